The summed E-state index contributed by atoms with van der Waals surface area (Å²) in [4.78, 5) is 20.7. The molecule has 8 nitrogen and oxygen atoms in total. The first-order valence-corrected chi connectivity index (χ1v) is 11.3. The Morgan fingerprint density at radius 1 is 1.22 bits per heavy atom. The molecule has 0 unspecified atom stereocenters. The van der Waals surface area contributed by atoms with Crippen LogP contribution < -0.4 is 15.9 Å². The first-order chi connectivity index (χ1) is 17.5. The Balaban J connectivity index is 1.60. The van der Waals surface area contributed by atoms with E-state index in [1.807, 2.05) is 0 Å². The molecule has 0 saturated heterocycles. The van der Waals surface area contributed by atoms with E-state index in [1.54, 1.807) is 6.07 Å². The number of ether oxygens (including phenoxy) is 1. The van der Waals surface area contributed by atoms with E-state index in [1.165, 1.54) is 48.5 Å². The second-order valence-corrected chi connectivity index (χ2v) is 8.90. The molecule has 2 heterocycles. The van der Waals surface area contributed by atoms with E-state index in [2.05, 4.69) is 9.97 Å². The van der Waals surface area contributed by atoms with E-state index < -0.39 is 28.5 Å². The third-order valence-electron chi connectivity index (χ3n) is 5.30. The third-order valence-corrected chi connectivity index (χ3v) is 6.11. The molecule has 0 bridgehead atoms. The fourth-order valence-electron chi connectivity index (χ4n) is 3.66. The molecule has 2 aromatic carbocycles. The fourth-order valence-corrected chi connectivity index (χ4v) is 4.43. The molecule has 0 aliphatic carbocycles. The molecule has 0 atom stereocenters. The van der Waals surface area contributed by atoms with E-state index in [4.69, 9.17) is 21.3 Å². The monoisotopic (exact) mass is 531 g/mol. The van der Waals surface area contributed by atoms with Gasteiger partial charge in [0.25, 0.3) is 5.91 Å². The standard InChI is InChI=1S/C24H18F4N6O2S/c1-36-12-6-7-13(15(8-12)24(26,27)28)23(31)37-18(29)10-34-9-17-21(32-11-34)19(22(30)35)20(33-17)14-4-2-3-5-16(14)25/h2-9,11,29,31H,10H2,1H3,(H2,30,35)/p+1. The number of carbonyl (C=O) groups excluding carboxylic acids is 1. The topological polar surface area (TPSA) is 132 Å². The van der Waals surface area contributed by atoms with Crippen LogP contribution in [0.15, 0.2) is 55.0 Å². The molecule has 1 amide bonds. The zero-order chi connectivity index (χ0) is 26.9. The predicted molar refractivity (Wildman–Crippen MR) is 130 cm³/mol. The number of hydrogen-bond acceptors (Lipinski definition) is 6. The fraction of sp³-hybridized carbons (Fsp3) is 0.125. The number of carbonyl (C=O) groups is 1. The number of aromatic nitrogens is 3. The van der Waals surface area contributed by atoms with Gasteiger partial charge in [-0.15, -0.1) is 0 Å². The van der Waals surface area contributed by atoms with Gasteiger partial charge in [-0.05, 0) is 42.1 Å². The molecule has 2 aliphatic rings. The SMILES string of the molecule is COc1ccc(C(=N)SC(=[NH2+])Cn2cnc3c(C(N)=O)c(-c4ccccc4F)nc-3c2)c(C(F)(F)F)c1. The summed E-state index contributed by atoms with van der Waals surface area (Å²) >= 11 is 0.653. The quantitative estimate of drug-likeness (QED) is 0.200. The maximum absolute atomic E-state index is 14.4. The molecular formula is C24H19F4N6O2S+. The highest BCUT2D eigenvalue weighted by Gasteiger charge is 2.35. The zero-order valence-corrected chi connectivity index (χ0v) is 20.0. The van der Waals surface area contributed by atoms with E-state index in [-0.39, 0.29) is 51.1 Å². The summed E-state index contributed by atoms with van der Waals surface area (Å²) in [6, 6.07) is 9.06. The second kappa shape index (κ2) is 10.0. The van der Waals surface area contributed by atoms with Crippen molar-refractivity contribution in [1.82, 2.24) is 14.5 Å². The summed E-state index contributed by atoms with van der Waals surface area (Å²) in [6.07, 6.45) is -1.88. The minimum absolute atomic E-state index is 0.00744. The van der Waals surface area contributed by atoms with Crippen molar-refractivity contribution in [2.75, 3.05) is 7.11 Å². The number of nitrogens with zero attached hydrogens (tertiary/aromatic N) is 3. The Labute approximate surface area is 211 Å². The molecule has 5 N–H and O–H groups in total. The van der Waals surface area contributed by atoms with Crippen LogP contribution >= 0.6 is 11.8 Å². The number of hydrogen-bond donors (Lipinski definition) is 3. The van der Waals surface area contributed by atoms with Gasteiger partial charge in [0.2, 0.25) is 5.04 Å². The van der Waals surface area contributed by atoms with Gasteiger partial charge in [-0.2, -0.15) is 13.2 Å². The van der Waals surface area contributed by atoms with Gasteiger partial charge < -0.3 is 15.0 Å². The molecular weight excluding hydrogens is 512 g/mol. The summed E-state index contributed by atoms with van der Waals surface area (Å²) in [5.41, 5.74) is 4.62. The molecule has 4 rings (SSSR count). The van der Waals surface area contributed by atoms with Crippen molar-refractivity contribution in [1.29, 1.82) is 5.41 Å². The zero-order valence-electron chi connectivity index (χ0n) is 19.1. The number of halogens is 4. The summed E-state index contributed by atoms with van der Waals surface area (Å²) in [5.74, 6) is -1.42. The van der Waals surface area contributed by atoms with Crippen LogP contribution in [0.3, 0.4) is 0 Å². The number of benzene rings is 2. The van der Waals surface area contributed by atoms with Crippen molar-refractivity contribution in [3.05, 3.63) is 77.5 Å². The van der Waals surface area contributed by atoms with Crippen molar-refractivity contribution in [2.24, 2.45) is 5.73 Å². The minimum atomic E-state index is -4.70. The number of thioether (sulfide) groups is 1. The number of primary amides is 1. The van der Waals surface area contributed by atoms with E-state index >= 15 is 0 Å². The van der Waals surface area contributed by atoms with Crippen LogP contribution in [0.2, 0.25) is 0 Å². The Morgan fingerprint density at radius 3 is 2.59 bits per heavy atom. The van der Waals surface area contributed by atoms with Gasteiger partial charge in [0.15, 0.2) is 0 Å². The predicted octanol–water partition coefficient (Wildman–Crippen LogP) is 3.23. The maximum atomic E-state index is 14.4. The average Bonchev–Trinajstić information content (AvgIpc) is 3.22. The lowest BCUT2D eigenvalue weighted by molar-refractivity contribution is -0.137. The molecule has 37 heavy (non-hydrogen) atoms. The molecule has 2 aromatic rings. The number of fused-ring (bicyclic) bond motifs is 1. The highest BCUT2D eigenvalue weighted by atomic mass is 32.2. The first-order valence-electron chi connectivity index (χ1n) is 10.5. The van der Waals surface area contributed by atoms with Crippen LogP contribution in [0.5, 0.6) is 5.75 Å². The summed E-state index contributed by atoms with van der Waals surface area (Å²) in [7, 11) is 1.25. The van der Waals surface area contributed by atoms with Gasteiger partial charge in [-0.25, -0.2) is 14.4 Å². The van der Waals surface area contributed by atoms with Gasteiger partial charge in [0, 0.05) is 17.3 Å². The minimum Gasteiger partial charge on any atom is -0.497 e. The molecule has 13 heteroatoms. The van der Waals surface area contributed by atoms with Crippen LogP contribution in [-0.2, 0) is 12.7 Å². The number of methoxy groups -OCH3 is 1. The maximum Gasteiger partial charge on any atom is 0.417 e. The lowest BCUT2D eigenvalue weighted by atomic mass is 10.1. The van der Waals surface area contributed by atoms with Gasteiger partial charge >= 0.3 is 6.18 Å². The number of rotatable bonds is 6. The molecule has 190 valence electrons. The lowest BCUT2D eigenvalue weighted by Gasteiger charge is -2.14. The summed E-state index contributed by atoms with van der Waals surface area (Å²) < 4.78 is 61.3. The van der Waals surface area contributed by atoms with Gasteiger partial charge in [-0.3, -0.25) is 15.6 Å². The summed E-state index contributed by atoms with van der Waals surface area (Å²) in [5, 5.41) is 13.9. The van der Waals surface area contributed by atoms with Gasteiger partial charge in [0.1, 0.15) is 34.5 Å². The highest BCUT2D eigenvalue weighted by Crippen LogP contribution is 2.36. The van der Waals surface area contributed by atoms with Crippen molar-refractivity contribution in [3.8, 4) is 28.4 Å². The van der Waals surface area contributed by atoms with E-state index in [9.17, 15) is 22.4 Å². The van der Waals surface area contributed by atoms with Crippen molar-refractivity contribution >= 4 is 27.8 Å². The molecule has 0 aromatic heterocycles. The number of amides is 1. The molecule has 0 radical (unpaired) electrons. The smallest absolute Gasteiger partial charge is 0.417 e. The highest BCUT2D eigenvalue weighted by molar-refractivity contribution is 8.26. The third kappa shape index (κ3) is 5.31. The average molecular weight is 532 g/mol. The number of nitrogens with two attached hydrogens (primary N) is 2. The van der Waals surface area contributed by atoms with Crippen LogP contribution in [0.25, 0.3) is 22.6 Å². The largest absolute Gasteiger partial charge is 0.497 e. The molecule has 0 saturated carbocycles. The van der Waals surface area contributed by atoms with Crippen molar-refractivity contribution < 1.29 is 32.5 Å². The van der Waals surface area contributed by atoms with Crippen LogP contribution in [0.1, 0.15) is 21.5 Å². The molecule has 2 aliphatic heterocycles. The van der Waals surface area contributed by atoms with Gasteiger partial charge in [0.05, 0.1) is 30.3 Å². The van der Waals surface area contributed by atoms with Gasteiger partial charge in [-0.1, -0.05) is 12.1 Å². The van der Waals surface area contributed by atoms with E-state index in [0.29, 0.717) is 11.8 Å². The van der Waals surface area contributed by atoms with E-state index in [0.717, 1.165) is 12.1 Å². The Hall–Kier alpha value is -4.26. The lowest BCUT2D eigenvalue weighted by Crippen LogP contribution is -2.41. The van der Waals surface area contributed by atoms with Crippen LogP contribution in [0.4, 0.5) is 17.6 Å². The van der Waals surface area contributed by atoms with Crippen LogP contribution in [0, 0.1) is 11.2 Å². The number of alkyl halides is 3. The Kier molecular flexibility index (Phi) is 6.99. The molecule has 0 spiro atoms. The first kappa shape index (κ1) is 25.8. The normalized spacial score (nSPS) is 11.5. The second-order valence-electron chi connectivity index (χ2n) is 7.77. The van der Waals surface area contributed by atoms with Crippen molar-refractivity contribution in [3.63, 3.8) is 0 Å². The summed E-state index contributed by atoms with van der Waals surface area (Å²) in [6.45, 7) is -0.0404. The molecule has 0 fully saturated rings. The number of nitrogens with one attached hydrogen (secondary N) is 1. The Bertz CT molecular complexity index is 1500. The Morgan fingerprint density at radius 2 is 1.95 bits per heavy atom. The van der Waals surface area contributed by atoms with Crippen molar-refractivity contribution in [2.45, 2.75) is 12.7 Å². The van der Waals surface area contributed by atoms with Crippen LogP contribution in [-0.4, -0.2) is 37.6 Å².